The maximum absolute atomic E-state index is 2.23. The van der Waals surface area contributed by atoms with Crippen molar-refractivity contribution in [3.05, 3.63) is 29.8 Å². The van der Waals surface area contributed by atoms with Crippen LogP contribution in [0, 0.1) is 0 Å². The molecule has 0 spiro atoms. The van der Waals surface area contributed by atoms with E-state index in [1.807, 2.05) is 0 Å². The van der Waals surface area contributed by atoms with Crippen LogP contribution in [-0.2, 0) is 6.42 Å². The molecule has 0 fully saturated rings. The number of aryl methyl sites for hydroxylation is 1. The van der Waals surface area contributed by atoms with Crippen LogP contribution in [0.3, 0.4) is 0 Å². The standard InChI is InChI=1S/C9H11.C6H14.Li/c1-2-6-9-7-4-3-5-8-9;1-3-5-6-4-2;/h3-5,7H,2,6H2,1H3;3-6H2,1-2H3;. The van der Waals surface area contributed by atoms with Crippen LogP contribution >= 0.6 is 0 Å². The van der Waals surface area contributed by atoms with E-state index in [0.717, 1.165) is 0 Å². The van der Waals surface area contributed by atoms with Crippen LogP contribution in [0.5, 0.6) is 0 Å². The van der Waals surface area contributed by atoms with E-state index >= 15 is 0 Å². The van der Waals surface area contributed by atoms with E-state index in [2.05, 4.69) is 62.8 Å². The normalized spacial score (nSPS) is 9.56. The quantitative estimate of drug-likeness (QED) is 0.511. The first-order valence-corrected chi connectivity index (χ1v) is 6.80. The van der Waals surface area contributed by atoms with Gasteiger partial charge in [-0.25, -0.2) is 0 Å². The van der Waals surface area contributed by atoms with Gasteiger partial charge in [-0.3, -0.25) is 0 Å². The summed E-state index contributed by atoms with van der Waals surface area (Å²) < 4.78 is 1.42. The van der Waals surface area contributed by atoms with E-state index < -0.39 is 0 Å². The van der Waals surface area contributed by atoms with Crippen molar-refractivity contribution in [1.82, 2.24) is 0 Å². The van der Waals surface area contributed by atoms with E-state index in [-0.39, 0.29) is 0 Å². The molecule has 0 radical (unpaired) electrons. The third kappa shape index (κ3) is 8.03. The Hall–Kier alpha value is -0.183. The van der Waals surface area contributed by atoms with Crippen molar-refractivity contribution < 1.29 is 0 Å². The minimum atomic E-state index is 1.21. The second kappa shape index (κ2) is 11.3. The molecule has 1 aromatic carbocycles. The summed E-state index contributed by atoms with van der Waals surface area (Å²) in [7, 11) is 0. The van der Waals surface area contributed by atoms with Gasteiger partial charge in [0.25, 0.3) is 0 Å². The van der Waals surface area contributed by atoms with Crippen molar-refractivity contribution in [3.63, 3.8) is 0 Å². The monoisotopic (exact) mass is 212 g/mol. The molecule has 0 unspecified atom stereocenters. The summed E-state index contributed by atoms with van der Waals surface area (Å²) in [5, 5.41) is 0. The van der Waals surface area contributed by atoms with E-state index in [9.17, 15) is 0 Å². The molecule has 0 heterocycles. The average Bonchev–Trinajstić information content (AvgIpc) is 2.31. The van der Waals surface area contributed by atoms with Crippen LogP contribution in [0.25, 0.3) is 0 Å². The summed E-state index contributed by atoms with van der Waals surface area (Å²) in [5.41, 5.74) is 1.49. The van der Waals surface area contributed by atoms with Crippen LogP contribution in [-0.4, -0.2) is 17.7 Å². The van der Waals surface area contributed by atoms with E-state index in [0.29, 0.717) is 0 Å². The van der Waals surface area contributed by atoms with Gasteiger partial charge in [0.15, 0.2) is 0 Å². The molecule has 0 saturated heterocycles. The van der Waals surface area contributed by atoms with Crippen LogP contribution in [0.15, 0.2) is 24.3 Å². The van der Waals surface area contributed by atoms with Gasteiger partial charge in [-0.05, 0) is 0 Å². The molecule has 86 valence electrons. The van der Waals surface area contributed by atoms with Gasteiger partial charge in [-0.2, -0.15) is 0 Å². The predicted molar refractivity (Wildman–Crippen MR) is 75.6 cm³/mol. The third-order valence-corrected chi connectivity index (χ3v) is 2.74. The van der Waals surface area contributed by atoms with Crippen molar-refractivity contribution in [3.8, 4) is 0 Å². The van der Waals surface area contributed by atoms with Crippen molar-refractivity contribution in [2.75, 3.05) is 0 Å². The third-order valence-electron chi connectivity index (χ3n) is 2.74. The van der Waals surface area contributed by atoms with E-state index in [1.165, 1.54) is 48.3 Å². The number of rotatable bonds is 5. The number of benzene rings is 1. The number of hydrogen-bond acceptors (Lipinski definition) is 0. The summed E-state index contributed by atoms with van der Waals surface area (Å²) >= 11 is 2.17. The van der Waals surface area contributed by atoms with E-state index in [1.54, 1.807) is 0 Å². The van der Waals surface area contributed by atoms with Gasteiger partial charge in [0, 0.05) is 0 Å². The fourth-order valence-electron chi connectivity index (χ4n) is 1.66. The Morgan fingerprint density at radius 3 is 1.88 bits per heavy atom. The average molecular weight is 212 g/mol. The zero-order chi connectivity index (χ0) is 12.2. The summed E-state index contributed by atoms with van der Waals surface area (Å²) in [6.07, 6.45) is 7.99. The molecule has 16 heavy (non-hydrogen) atoms. The van der Waals surface area contributed by atoms with Gasteiger partial charge in [0.05, 0.1) is 0 Å². The van der Waals surface area contributed by atoms with Gasteiger partial charge in [0.1, 0.15) is 0 Å². The fraction of sp³-hybridized carbons (Fsp3) is 0.600. The van der Waals surface area contributed by atoms with Crippen LogP contribution in [0.4, 0.5) is 0 Å². The van der Waals surface area contributed by atoms with Crippen molar-refractivity contribution >= 4 is 22.0 Å². The molecule has 0 N–H and O–H groups in total. The van der Waals surface area contributed by atoms with Crippen LogP contribution in [0.1, 0.15) is 58.4 Å². The molecule has 0 nitrogen and oxygen atoms in total. The molecule has 0 saturated carbocycles. The molecule has 0 aromatic heterocycles. The Labute approximate surface area is 111 Å². The zero-order valence-corrected chi connectivity index (χ0v) is 11.6. The second-order valence-electron chi connectivity index (χ2n) is 4.38. The molecule has 1 aromatic rings. The second-order valence-corrected chi connectivity index (χ2v) is 4.38. The topological polar surface area (TPSA) is 0 Å². The molecule has 0 atom stereocenters. The van der Waals surface area contributed by atoms with Gasteiger partial charge >= 0.3 is 71.5 Å². The Kier molecular flexibility index (Phi) is 11.2. The Morgan fingerprint density at radius 1 is 0.875 bits per heavy atom. The fourth-order valence-corrected chi connectivity index (χ4v) is 1.66. The summed E-state index contributed by atoms with van der Waals surface area (Å²) in [6.45, 7) is 6.68. The molecule has 1 heteroatoms. The zero-order valence-electron chi connectivity index (χ0n) is 11.6. The molecule has 0 amide bonds. The predicted octanol–water partition coefficient (Wildman–Crippen LogP) is 4.02. The van der Waals surface area contributed by atoms with Crippen molar-refractivity contribution in [1.29, 1.82) is 0 Å². The Bertz CT molecular complexity index is 251. The number of unbranched alkanes of at least 4 members (excludes halogenated alkanes) is 3. The summed E-state index contributed by atoms with van der Waals surface area (Å²) in [4.78, 5) is 0. The Balaban J connectivity index is 0.000000325. The SMILES string of the molecule is CCCCCC.[Li][c]1ccccc1CCC. The van der Waals surface area contributed by atoms with Gasteiger partial charge in [0.2, 0.25) is 0 Å². The van der Waals surface area contributed by atoms with Gasteiger partial charge in [-0.15, -0.1) is 0 Å². The van der Waals surface area contributed by atoms with Crippen molar-refractivity contribution in [2.45, 2.75) is 59.3 Å². The van der Waals surface area contributed by atoms with Gasteiger partial charge in [-0.1, -0.05) is 39.5 Å². The molecule has 0 aliphatic carbocycles. The van der Waals surface area contributed by atoms with Crippen LogP contribution < -0.4 is 4.24 Å². The molecule has 0 aliphatic heterocycles. The molecular formula is C15H25Li. The Morgan fingerprint density at radius 2 is 1.44 bits per heavy atom. The van der Waals surface area contributed by atoms with Gasteiger partial charge < -0.3 is 0 Å². The van der Waals surface area contributed by atoms with Crippen LogP contribution in [0.2, 0.25) is 0 Å². The molecule has 0 aliphatic rings. The first kappa shape index (κ1) is 15.8. The van der Waals surface area contributed by atoms with E-state index in [4.69, 9.17) is 0 Å². The summed E-state index contributed by atoms with van der Waals surface area (Å²) in [6, 6.07) is 8.58. The van der Waals surface area contributed by atoms with Crippen molar-refractivity contribution in [2.24, 2.45) is 0 Å². The number of hydrogen-bond donors (Lipinski definition) is 0. The maximum atomic E-state index is 2.23. The molecule has 0 bridgehead atoms. The summed E-state index contributed by atoms with van der Waals surface area (Å²) in [5.74, 6) is 0. The molecule has 1 rings (SSSR count). The molecular weight excluding hydrogens is 187 g/mol. The first-order chi connectivity index (χ1) is 7.76. The first-order valence-electron chi connectivity index (χ1n) is 6.80. The minimum absolute atomic E-state index is 1.21.